The molecule has 0 radical (unpaired) electrons. The molecule has 1 aliphatic rings. The first kappa shape index (κ1) is 15.3. The summed E-state index contributed by atoms with van der Waals surface area (Å²) >= 11 is 0. The van der Waals surface area contributed by atoms with Gasteiger partial charge in [-0.1, -0.05) is 18.2 Å². The summed E-state index contributed by atoms with van der Waals surface area (Å²) in [4.78, 5) is 8.41. The van der Waals surface area contributed by atoms with E-state index in [1.807, 2.05) is 13.2 Å². The van der Waals surface area contributed by atoms with Crippen molar-refractivity contribution in [2.45, 2.75) is 19.3 Å². The van der Waals surface area contributed by atoms with Gasteiger partial charge in [0.15, 0.2) is 0 Å². The number of nitrogens with zero attached hydrogens (tertiary/aromatic N) is 2. The van der Waals surface area contributed by atoms with E-state index in [0.717, 1.165) is 36.2 Å². The zero-order valence-corrected chi connectivity index (χ0v) is 13.2. The highest BCUT2D eigenvalue weighted by atomic mass is 16.5. The molecule has 120 valence electrons. The number of amidine groups is 1. The third-order valence-electron chi connectivity index (χ3n) is 4.27. The third kappa shape index (κ3) is 3.41. The van der Waals surface area contributed by atoms with Gasteiger partial charge in [-0.05, 0) is 41.9 Å². The second kappa shape index (κ2) is 6.64. The molecular weight excluding hydrogens is 290 g/mol. The van der Waals surface area contributed by atoms with Gasteiger partial charge in [-0.25, -0.2) is 9.97 Å². The number of hydrogen-bond acceptors (Lipinski definition) is 5. The van der Waals surface area contributed by atoms with E-state index in [4.69, 9.17) is 15.9 Å². The van der Waals surface area contributed by atoms with Gasteiger partial charge in [0.2, 0.25) is 0 Å². The van der Waals surface area contributed by atoms with E-state index in [-0.39, 0.29) is 6.02 Å². The summed E-state index contributed by atoms with van der Waals surface area (Å²) in [5, 5.41) is 10.3. The third-order valence-corrected chi connectivity index (χ3v) is 4.27. The number of aromatic nitrogens is 2. The van der Waals surface area contributed by atoms with Crippen LogP contribution in [0.25, 0.3) is 11.1 Å². The zero-order valence-electron chi connectivity index (χ0n) is 13.2. The van der Waals surface area contributed by atoms with Crippen molar-refractivity contribution >= 4 is 11.8 Å². The van der Waals surface area contributed by atoms with Gasteiger partial charge in [0.05, 0.1) is 6.61 Å². The average molecular weight is 311 g/mol. The molecule has 0 saturated heterocycles. The first-order valence-corrected chi connectivity index (χ1v) is 7.74. The Morgan fingerprint density at radius 1 is 1.43 bits per heavy atom. The predicted molar refractivity (Wildman–Crippen MR) is 90.4 cm³/mol. The maximum absolute atomic E-state index is 7.18. The first-order valence-electron chi connectivity index (χ1n) is 7.74. The van der Waals surface area contributed by atoms with E-state index in [1.165, 1.54) is 11.1 Å². The molecular formula is C17H21N5O. The van der Waals surface area contributed by atoms with E-state index >= 15 is 0 Å². The van der Waals surface area contributed by atoms with Crippen molar-refractivity contribution in [2.75, 3.05) is 19.0 Å². The highest BCUT2D eigenvalue weighted by molar-refractivity contribution is 5.75. The quantitative estimate of drug-likeness (QED) is 0.594. The number of hydrogen-bond donors (Lipinski definition) is 3. The Kier molecular flexibility index (Phi) is 4.41. The van der Waals surface area contributed by atoms with Crippen LogP contribution in [-0.2, 0) is 17.6 Å². The molecule has 3 rings (SSSR count). The van der Waals surface area contributed by atoms with Crippen molar-refractivity contribution in [3.8, 4) is 11.1 Å². The molecule has 0 aliphatic heterocycles. The van der Waals surface area contributed by atoms with Crippen molar-refractivity contribution in [1.82, 2.24) is 9.97 Å². The van der Waals surface area contributed by atoms with Gasteiger partial charge in [-0.2, -0.15) is 0 Å². The van der Waals surface area contributed by atoms with Crippen molar-refractivity contribution in [3.63, 3.8) is 0 Å². The minimum Gasteiger partial charge on any atom is -0.465 e. The summed E-state index contributed by atoms with van der Waals surface area (Å²) in [5.41, 5.74) is 10.1. The highest BCUT2D eigenvalue weighted by Crippen LogP contribution is 2.31. The molecule has 1 unspecified atom stereocenters. The maximum Gasteiger partial charge on any atom is 0.279 e. The number of aryl methyl sites for hydroxylation is 1. The zero-order chi connectivity index (χ0) is 16.2. The van der Waals surface area contributed by atoms with Crippen LogP contribution >= 0.6 is 0 Å². The van der Waals surface area contributed by atoms with E-state index in [0.29, 0.717) is 12.5 Å². The van der Waals surface area contributed by atoms with Gasteiger partial charge in [0, 0.05) is 18.8 Å². The van der Waals surface area contributed by atoms with Crippen LogP contribution in [-0.4, -0.2) is 29.6 Å². The van der Waals surface area contributed by atoms with Gasteiger partial charge < -0.3 is 15.8 Å². The summed E-state index contributed by atoms with van der Waals surface area (Å²) < 4.78 is 5.18. The standard InChI is InChI=1S/C17H21N5O/c1-20-16-15(8-21-10-22-16)13-5-4-12-3-2-11(6-14(12)7-13)9-23-17(18)19/h4-5,7-8,10-11H,2-3,6,9H2,1H3,(H3,18,19)(H,20,21,22). The van der Waals surface area contributed by atoms with Crippen molar-refractivity contribution < 1.29 is 4.74 Å². The number of rotatable bonds is 4. The summed E-state index contributed by atoms with van der Waals surface area (Å²) in [6.07, 6.45) is 6.42. The Bertz CT molecular complexity index is 716. The molecule has 2 aromatic rings. The van der Waals surface area contributed by atoms with Gasteiger partial charge in [0.1, 0.15) is 12.1 Å². The molecule has 1 aliphatic carbocycles. The average Bonchev–Trinajstić information content (AvgIpc) is 2.59. The molecule has 0 spiro atoms. The fraction of sp³-hybridized carbons (Fsp3) is 0.353. The minimum atomic E-state index is -0.204. The van der Waals surface area contributed by atoms with Crippen LogP contribution in [0.3, 0.4) is 0 Å². The lowest BCUT2D eigenvalue weighted by Gasteiger charge is -2.25. The molecule has 1 atom stereocenters. The van der Waals surface area contributed by atoms with Gasteiger partial charge in [-0.15, -0.1) is 0 Å². The Balaban J connectivity index is 1.84. The van der Waals surface area contributed by atoms with E-state index in [9.17, 15) is 0 Å². The first-order chi connectivity index (χ1) is 11.2. The van der Waals surface area contributed by atoms with E-state index in [2.05, 4.69) is 33.5 Å². The summed E-state index contributed by atoms with van der Waals surface area (Å²) in [6.45, 7) is 0.509. The lowest BCUT2D eigenvalue weighted by molar-refractivity contribution is 0.218. The number of anilines is 1. The molecule has 0 amide bonds. The predicted octanol–water partition coefficient (Wildman–Crippen LogP) is 2.20. The molecule has 0 saturated carbocycles. The second-order valence-corrected chi connectivity index (χ2v) is 5.80. The van der Waals surface area contributed by atoms with E-state index in [1.54, 1.807) is 6.33 Å². The van der Waals surface area contributed by atoms with Crippen molar-refractivity contribution in [1.29, 1.82) is 5.41 Å². The molecule has 6 nitrogen and oxygen atoms in total. The number of fused-ring (bicyclic) bond motifs is 1. The molecule has 0 bridgehead atoms. The smallest absolute Gasteiger partial charge is 0.279 e. The van der Waals surface area contributed by atoms with Crippen LogP contribution in [0.2, 0.25) is 0 Å². The fourth-order valence-corrected chi connectivity index (χ4v) is 3.09. The largest absolute Gasteiger partial charge is 0.465 e. The Labute approximate surface area is 135 Å². The number of nitrogens with two attached hydrogens (primary N) is 1. The van der Waals surface area contributed by atoms with Gasteiger partial charge in [0.25, 0.3) is 6.02 Å². The number of benzene rings is 1. The summed E-state index contributed by atoms with van der Waals surface area (Å²) in [7, 11) is 1.86. The molecule has 1 aromatic carbocycles. The molecule has 23 heavy (non-hydrogen) atoms. The molecule has 6 heteroatoms. The second-order valence-electron chi connectivity index (χ2n) is 5.80. The van der Waals surface area contributed by atoms with Gasteiger partial charge in [-0.3, -0.25) is 5.41 Å². The number of nitrogens with one attached hydrogen (secondary N) is 2. The van der Waals surface area contributed by atoms with Crippen LogP contribution in [0.15, 0.2) is 30.7 Å². The summed E-state index contributed by atoms with van der Waals surface area (Å²) in [6, 6.07) is 6.34. The highest BCUT2D eigenvalue weighted by Gasteiger charge is 2.20. The molecule has 1 aromatic heterocycles. The molecule has 4 N–H and O–H groups in total. The Morgan fingerprint density at radius 2 is 2.30 bits per heavy atom. The monoisotopic (exact) mass is 311 g/mol. The van der Waals surface area contributed by atoms with Crippen molar-refractivity contribution in [3.05, 3.63) is 41.9 Å². The lowest BCUT2D eigenvalue weighted by Crippen LogP contribution is -2.24. The van der Waals surface area contributed by atoms with Crippen LogP contribution < -0.4 is 11.1 Å². The van der Waals surface area contributed by atoms with Gasteiger partial charge >= 0.3 is 0 Å². The fourth-order valence-electron chi connectivity index (χ4n) is 3.09. The van der Waals surface area contributed by atoms with E-state index < -0.39 is 0 Å². The topological polar surface area (TPSA) is 96.9 Å². The Hall–Kier alpha value is -2.63. The molecule has 1 heterocycles. The van der Waals surface area contributed by atoms with Crippen LogP contribution in [0.1, 0.15) is 17.5 Å². The minimum absolute atomic E-state index is 0.204. The van der Waals surface area contributed by atoms with Crippen LogP contribution in [0.4, 0.5) is 5.82 Å². The summed E-state index contributed by atoms with van der Waals surface area (Å²) in [5.74, 6) is 1.23. The van der Waals surface area contributed by atoms with Crippen LogP contribution in [0, 0.1) is 11.3 Å². The number of ether oxygens (including phenoxy) is 1. The van der Waals surface area contributed by atoms with Crippen LogP contribution in [0.5, 0.6) is 0 Å². The maximum atomic E-state index is 7.18. The SMILES string of the molecule is CNc1ncncc1-c1ccc2c(c1)CC(COC(=N)N)CC2. The lowest BCUT2D eigenvalue weighted by atomic mass is 9.83. The van der Waals surface area contributed by atoms with Crippen molar-refractivity contribution in [2.24, 2.45) is 11.7 Å². The normalized spacial score (nSPS) is 16.5. The molecule has 0 fully saturated rings. The Morgan fingerprint density at radius 3 is 3.09 bits per heavy atom.